The Balaban J connectivity index is 2.42. The molecule has 1 aromatic rings. The van der Waals surface area contributed by atoms with Gasteiger partial charge < -0.3 is 10.5 Å². The SMILES string of the molecule is CCC(C)CS(=O)(=O)CCOc1cccc(N)c1. The summed E-state index contributed by atoms with van der Waals surface area (Å²) >= 11 is 0. The van der Waals surface area contributed by atoms with Crippen molar-refractivity contribution in [3.05, 3.63) is 24.3 Å². The van der Waals surface area contributed by atoms with Crippen LogP contribution in [0.1, 0.15) is 20.3 Å². The number of benzene rings is 1. The first-order valence-corrected chi connectivity index (χ1v) is 7.94. The molecule has 0 fully saturated rings. The number of nitrogen functional groups attached to an aromatic ring is 1. The fourth-order valence-corrected chi connectivity index (χ4v) is 3.13. The number of sulfone groups is 1. The number of hydrogen-bond acceptors (Lipinski definition) is 4. The van der Waals surface area contributed by atoms with Crippen molar-refractivity contribution in [1.29, 1.82) is 0 Å². The standard InChI is InChI=1S/C13H21NO3S/c1-3-11(2)10-18(15,16)8-7-17-13-6-4-5-12(14)9-13/h4-6,9,11H,3,7-8,10,14H2,1-2H3. The first kappa shape index (κ1) is 14.8. The Morgan fingerprint density at radius 3 is 2.72 bits per heavy atom. The van der Waals surface area contributed by atoms with E-state index in [9.17, 15) is 8.42 Å². The molecule has 0 saturated heterocycles. The number of ether oxygens (including phenoxy) is 1. The van der Waals surface area contributed by atoms with E-state index >= 15 is 0 Å². The minimum Gasteiger partial charge on any atom is -0.492 e. The Morgan fingerprint density at radius 2 is 2.11 bits per heavy atom. The Morgan fingerprint density at radius 1 is 1.39 bits per heavy atom. The van der Waals surface area contributed by atoms with Gasteiger partial charge in [-0.3, -0.25) is 0 Å². The minimum absolute atomic E-state index is 0.0478. The first-order chi connectivity index (χ1) is 8.43. The summed E-state index contributed by atoms with van der Waals surface area (Å²) in [6.07, 6.45) is 0.870. The van der Waals surface area contributed by atoms with Gasteiger partial charge in [-0.05, 0) is 18.1 Å². The van der Waals surface area contributed by atoms with Crippen LogP contribution in [0.2, 0.25) is 0 Å². The van der Waals surface area contributed by atoms with Crippen LogP contribution < -0.4 is 10.5 Å². The van der Waals surface area contributed by atoms with Crippen LogP contribution >= 0.6 is 0 Å². The van der Waals surface area contributed by atoms with E-state index in [-0.39, 0.29) is 24.0 Å². The van der Waals surface area contributed by atoms with Crippen molar-refractivity contribution in [3.8, 4) is 5.75 Å². The van der Waals surface area contributed by atoms with E-state index in [0.29, 0.717) is 11.4 Å². The molecule has 2 N–H and O–H groups in total. The molecular weight excluding hydrogens is 250 g/mol. The van der Waals surface area contributed by atoms with Crippen LogP contribution in [0.5, 0.6) is 5.75 Å². The van der Waals surface area contributed by atoms with Gasteiger partial charge in [-0.2, -0.15) is 0 Å². The Kier molecular flexibility index (Phi) is 5.47. The molecule has 0 aliphatic heterocycles. The van der Waals surface area contributed by atoms with Crippen LogP contribution in [0.25, 0.3) is 0 Å². The maximum atomic E-state index is 11.8. The predicted molar refractivity (Wildman–Crippen MR) is 74.5 cm³/mol. The molecule has 0 saturated carbocycles. The van der Waals surface area contributed by atoms with E-state index in [1.165, 1.54) is 0 Å². The normalized spacial score (nSPS) is 13.2. The van der Waals surface area contributed by atoms with Crippen molar-refractivity contribution in [2.45, 2.75) is 20.3 Å². The number of hydrogen-bond donors (Lipinski definition) is 1. The van der Waals surface area contributed by atoms with Gasteiger partial charge in [0.15, 0.2) is 9.84 Å². The van der Waals surface area contributed by atoms with Crippen molar-refractivity contribution in [2.75, 3.05) is 23.8 Å². The molecule has 1 atom stereocenters. The summed E-state index contributed by atoms with van der Waals surface area (Å²) in [6.45, 7) is 4.10. The summed E-state index contributed by atoms with van der Waals surface area (Å²) in [7, 11) is -3.03. The average molecular weight is 271 g/mol. The van der Waals surface area contributed by atoms with Crippen LogP contribution in [-0.4, -0.2) is 26.5 Å². The Bertz CT molecular complexity index is 471. The predicted octanol–water partition coefficient (Wildman–Crippen LogP) is 2.11. The Labute approximate surface area is 109 Å². The molecule has 0 heterocycles. The molecule has 18 heavy (non-hydrogen) atoms. The van der Waals surface area contributed by atoms with Crippen molar-refractivity contribution in [2.24, 2.45) is 5.92 Å². The summed E-state index contributed by atoms with van der Waals surface area (Å²) in [5, 5.41) is 0. The van der Waals surface area contributed by atoms with Gasteiger partial charge >= 0.3 is 0 Å². The molecule has 102 valence electrons. The lowest BCUT2D eigenvalue weighted by Crippen LogP contribution is -2.20. The van der Waals surface area contributed by atoms with E-state index < -0.39 is 9.84 Å². The number of rotatable bonds is 7. The maximum absolute atomic E-state index is 11.8. The van der Waals surface area contributed by atoms with E-state index in [0.717, 1.165) is 6.42 Å². The molecule has 4 nitrogen and oxygen atoms in total. The topological polar surface area (TPSA) is 69.4 Å². The minimum atomic E-state index is -3.03. The molecule has 0 amide bonds. The van der Waals surface area contributed by atoms with E-state index in [4.69, 9.17) is 10.5 Å². The van der Waals surface area contributed by atoms with Crippen LogP contribution in [0.15, 0.2) is 24.3 Å². The van der Waals surface area contributed by atoms with Gasteiger partial charge in [0.05, 0.1) is 11.5 Å². The summed E-state index contributed by atoms with van der Waals surface area (Å²) in [5.74, 6) is 1.08. The molecule has 1 aromatic carbocycles. The van der Waals surface area contributed by atoms with E-state index in [2.05, 4.69) is 0 Å². The summed E-state index contributed by atoms with van der Waals surface area (Å²) < 4.78 is 28.9. The molecule has 0 spiro atoms. The second kappa shape index (κ2) is 6.64. The highest BCUT2D eigenvalue weighted by atomic mass is 32.2. The number of anilines is 1. The highest BCUT2D eigenvalue weighted by Crippen LogP contribution is 2.14. The summed E-state index contributed by atoms with van der Waals surface area (Å²) in [4.78, 5) is 0. The van der Waals surface area contributed by atoms with Crippen LogP contribution in [0.4, 0.5) is 5.69 Å². The lowest BCUT2D eigenvalue weighted by Gasteiger charge is -2.10. The van der Waals surface area contributed by atoms with Gasteiger partial charge in [-0.15, -0.1) is 0 Å². The van der Waals surface area contributed by atoms with Crippen molar-refractivity contribution in [1.82, 2.24) is 0 Å². The third-order valence-corrected chi connectivity index (χ3v) is 4.62. The average Bonchev–Trinajstić information content (AvgIpc) is 2.28. The molecule has 0 radical (unpaired) electrons. The lowest BCUT2D eigenvalue weighted by atomic mass is 10.2. The largest absolute Gasteiger partial charge is 0.492 e. The molecule has 0 aromatic heterocycles. The van der Waals surface area contributed by atoms with Crippen molar-refractivity contribution < 1.29 is 13.2 Å². The summed E-state index contributed by atoms with van der Waals surface area (Å²) in [6, 6.07) is 6.98. The lowest BCUT2D eigenvalue weighted by molar-refractivity contribution is 0.341. The highest BCUT2D eigenvalue weighted by Gasteiger charge is 2.14. The summed E-state index contributed by atoms with van der Waals surface area (Å²) in [5.41, 5.74) is 6.21. The van der Waals surface area contributed by atoms with E-state index in [1.54, 1.807) is 24.3 Å². The molecular formula is C13H21NO3S. The van der Waals surface area contributed by atoms with Crippen molar-refractivity contribution in [3.63, 3.8) is 0 Å². The fraction of sp³-hybridized carbons (Fsp3) is 0.538. The molecule has 0 bridgehead atoms. The van der Waals surface area contributed by atoms with Crippen LogP contribution in [-0.2, 0) is 9.84 Å². The first-order valence-electron chi connectivity index (χ1n) is 6.11. The van der Waals surface area contributed by atoms with Crippen LogP contribution in [0.3, 0.4) is 0 Å². The van der Waals surface area contributed by atoms with E-state index in [1.807, 2.05) is 13.8 Å². The molecule has 1 unspecified atom stereocenters. The van der Waals surface area contributed by atoms with Gasteiger partial charge in [0, 0.05) is 11.8 Å². The van der Waals surface area contributed by atoms with Gasteiger partial charge in [-0.1, -0.05) is 26.3 Å². The van der Waals surface area contributed by atoms with Gasteiger partial charge in [0.25, 0.3) is 0 Å². The zero-order valence-corrected chi connectivity index (χ0v) is 11.7. The Hall–Kier alpha value is -1.23. The van der Waals surface area contributed by atoms with Crippen LogP contribution in [0, 0.1) is 5.92 Å². The second-order valence-electron chi connectivity index (χ2n) is 4.55. The van der Waals surface area contributed by atoms with Gasteiger partial charge in [0.2, 0.25) is 0 Å². The molecule has 1 rings (SSSR count). The van der Waals surface area contributed by atoms with Gasteiger partial charge in [0.1, 0.15) is 12.4 Å². The highest BCUT2D eigenvalue weighted by molar-refractivity contribution is 7.91. The third kappa shape index (κ3) is 5.40. The molecule has 5 heteroatoms. The van der Waals surface area contributed by atoms with Gasteiger partial charge in [-0.25, -0.2) is 8.42 Å². The third-order valence-electron chi connectivity index (χ3n) is 2.76. The monoisotopic (exact) mass is 271 g/mol. The smallest absolute Gasteiger partial charge is 0.153 e. The zero-order valence-electron chi connectivity index (χ0n) is 10.9. The second-order valence-corrected chi connectivity index (χ2v) is 6.78. The molecule has 0 aliphatic carbocycles. The van der Waals surface area contributed by atoms with Crippen molar-refractivity contribution >= 4 is 15.5 Å². The molecule has 0 aliphatic rings. The quantitative estimate of drug-likeness (QED) is 0.771. The fourth-order valence-electron chi connectivity index (χ4n) is 1.53. The zero-order chi connectivity index (χ0) is 13.6. The number of nitrogens with two attached hydrogens (primary N) is 1. The maximum Gasteiger partial charge on any atom is 0.153 e.